The fourth-order valence-corrected chi connectivity index (χ4v) is 5.02. The van der Waals surface area contributed by atoms with Crippen LogP contribution in [0, 0.1) is 0 Å². The van der Waals surface area contributed by atoms with E-state index in [1.807, 2.05) is 0 Å². The molecule has 3 aliphatic rings. The van der Waals surface area contributed by atoms with Crippen LogP contribution in [0.2, 0.25) is 0 Å². The lowest BCUT2D eigenvalue weighted by atomic mass is 9.72. The van der Waals surface area contributed by atoms with E-state index >= 15 is 0 Å². The number of halogens is 2. The zero-order chi connectivity index (χ0) is 17.1. The lowest BCUT2D eigenvalue weighted by Crippen LogP contribution is -2.57. The molecule has 2 fully saturated rings. The van der Waals surface area contributed by atoms with Gasteiger partial charge in [-0.3, -0.25) is 9.80 Å². The number of piperidine rings is 1. The molecule has 1 aromatic rings. The third-order valence-electron chi connectivity index (χ3n) is 6.57. The van der Waals surface area contributed by atoms with Crippen LogP contribution in [0.5, 0.6) is 5.75 Å². The van der Waals surface area contributed by atoms with E-state index in [-0.39, 0.29) is 24.8 Å². The van der Waals surface area contributed by atoms with Crippen LogP contribution in [-0.4, -0.2) is 68.4 Å². The molecule has 2 saturated heterocycles. The summed E-state index contributed by atoms with van der Waals surface area (Å²) < 4.78 is 10.9. The van der Waals surface area contributed by atoms with Crippen LogP contribution in [0.1, 0.15) is 36.8 Å². The normalized spacial score (nSPS) is 26.0. The molecule has 0 N–H and O–H groups in total. The van der Waals surface area contributed by atoms with Gasteiger partial charge in [0.1, 0.15) is 5.75 Å². The predicted molar refractivity (Wildman–Crippen MR) is 115 cm³/mol. The minimum atomic E-state index is 0. The van der Waals surface area contributed by atoms with Crippen molar-refractivity contribution in [2.45, 2.75) is 44.1 Å². The molecule has 2 heterocycles. The molecule has 1 atom stereocenters. The molecule has 0 bridgehead atoms. The Labute approximate surface area is 176 Å². The first-order chi connectivity index (χ1) is 12.3. The van der Waals surface area contributed by atoms with Crippen LogP contribution in [0.25, 0.3) is 0 Å². The number of aryl methyl sites for hydroxylation is 1. The fourth-order valence-electron chi connectivity index (χ4n) is 5.02. The van der Waals surface area contributed by atoms with Crippen LogP contribution in [0.3, 0.4) is 0 Å². The minimum Gasteiger partial charge on any atom is -0.497 e. The minimum absolute atomic E-state index is 0. The third-order valence-corrected chi connectivity index (χ3v) is 6.57. The van der Waals surface area contributed by atoms with Crippen molar-refractivity contribution in [1.29, 1.82) is 0 Å². The van der Waals surface area contributed by atoms with Crippen LogP contribution >= 0.6 is 24.8 Å². The van der Waals surface area contributed by atoms with Crippen molar-refractivity contribution in [3.8, 4) is 5.75 Å². The Kier molecular flexibility index (Phi) is 8.70. The van der Waals surface area contributed by atoms with Gasteiger partial charge in [-0.2, -0.15) is 0 Å². The second-order valence-electron chi connectivity index (χ2n) is 7.93. The summed E-state index contributed by atoms with van der Waals surface area (Å²) >= 11 is 0. The standard InChI is InChI=1S/C21H32N2O2.2ClH/c1-24-20-5-4-19-17-21(8-6-18(19)16-20)7-2-3-9-23(21)11-10-22-12-14-25-15-13-22;;/h4-5,16H,2-3,6-15,17H2,1H3;2*1H. The molecule has 0 radical (unpaired) electrons. The second-order valence-corrected chi connectivity index (χ2v) is 7.93. The molecule has 1 aromatic carbocycles. The number of hydrogen-bond acceptors (Lipinski definition) is 4. The smallest absolute Gasteiger partial charge is 0.119 e. The topological polar surface area (TPSA) is 24.9 Å². The lowest BCUT2D eigenvalue weighted by Gasteiger charge is -2.50. The Morgan fingerprint density at radius 3 is 2.59 bits per heavy atom. The molecule has 0 saturated carbocycles. The van der Waals surface area contributed by atoms with Crippen LogP contribution in [0.15, 0.2) is 18.2 Å². The van der Waals surface area contributed by atoms with Crippen molar-refractivity contribution in [3.63, 3.8) is 0 Å². The molecular formula is C21H34Cl2N2O2. The monoisotopic (exact) mass is 416 g/mol. The van der Waals surface area contributed by atoms with Crippen molar-refractivity contribution in [2.75, 3.05) is 53.0 Å². The van der Waals surface area contributed by atoms with E-state index in [0.717, 1.165) is 32.1 Å². The van der Waals surface area contributed by atoms with E-state index in [1.54, 1.807) is 12.7 Å². The highest BCUT2D eigenvalue weighted by atomic mass is 35.5. The first-order valence-electron chi connectivity index (χ1n) is 10.0. The highest BCUT2D eigenvalue weighted by Crippen LogP contribution is 2.40. The van der Waals surface area contributed by atoms with Gasteiger partial charge >= 0.3 is 0 Å². The Bertz CT molecular complexity index is 596. The maximum Gasteiger partial charge on any atom is 0.119 e. The van der Waals surface area contributed by atoms with E-state index in [9.17, 15) is 0 Å². The lowest BCUT2D eigenvalue weighted by molar-refractivity contribution is 0.00325. The SMILES string of the molecule is COc1ccc2c(c1)CCC1(CCCCN1CCN1CCOCC1)C2.Cl.Cl. The quantitative estimate of drug-likeness (QED) is 0.748. The summed E-state index contributed by atoms with van der Waals surface area (Å²) in [6, 6.07) is 6.70. The van der Waals surface area contributed by atoms with E-state index in [4.69, 9.17) is 9.47 Å². The van der Waals surface area contributed by atoms with Gasteiger partial charge in [0.2, 0.25) is 0 Å². The number of methoxy groups -OCH3 is 1. The summed E-state index contributed by atoms with van der Waals surface area (Å²) in [7, 11) is 1.76. The van der Waals surface area contributed by atoms with Crippen molar-refractivity contribution in [1.82, 2.24) is 9.80 Å². The summed E-state index contributed by atoms with van der Waals surface area (Å²) in [5, 5.41) is 0. The summed E-state index contributed by atoms with van der Waals surface area (Å²) in [6.07, 6.45) is 7.83. The highest BCUT2D eigenvalue weighted by Gasteiger charge is 2.41. The number of morpholine rings is 1. The number of ether oxygens (including phenoxy) is 2. The summed E-state index contributed by atoms with van der Waals surface area (Å²) in [4.78, 5) is 5.41. The number of benzene rings is 1. The maximum atomic E-state index is 5.49. The zero-order valence-electron chi connectivity index (χ0n) is 16.5. The van der Waals surface area contributed by atoms with Crippen molar-refractivity contribution in [2.24, 2.45) is 0 Å². The molecule has 2 aliphatic heterocycles. The fraction of sp³-hybridized carbons (Fsp3) is 0.714. The summed E-state index contributed by atoms with van der Waals surface area (Å²) in [5.74, 6) is 1.00. The molecule has 27 heavy (non-hydrogen) atoms. The van der Waals surface area contributed by atoms with Gasteiger partial charge in [0.25, 0.3) is 0 Å². The summed E-state index contributed by atoms with van der Waals surface area (Å²) in [6.45, 7) is 7.69. The van der Waals surface area contributed by atoms with Crippen molar-refractivity contribution in [3.05, 3.63) is 29.3 Å². The Morgan fingerprint density at radius 1 is 1.00 bits per heavy atom. The Morgan fingerprint density at radius 2 is 1.81 bits per heavy atom. The molecule has 154 valence electrons. The molecule has 1 spiro atoms. The molecule has 6 heteroatoms. The van der Waals surface area contributed by atoms with Gasteiger partial charge in [-0.1, -0.05) is 12.5 Å². The van der Waals surface area contributed by atoms with Gasteiger partial charge in [-0.25, -0.2) is 0 Å². The van der Waals surface area contributed by atoms with Gasteiger partial charge in [0.05, 0.1) is 20.3 Å². The Hall–Kier alpha value is -0.520. The van der Waals surface area contributed by atoms with E-state index < -0.39 is 0 Å². The third kappa shape index (κ3) is 5.10. The van der Waals surface area contributed by atoms with E-state index in [1.165, 1.54) is 63.7 Å². The molecule has 4 nitrogen and oxygen atoms in total. The molecule has 0 aromatic heterocycles. The highest BCUT2D eigenvalue weighted by molar-refractivity contribution is 5.85. The Balaban J connectivity index is 0.00000131. The van der Waals surface area contributed by atoms with Gasteiger partial charge in [-0.15, -0.1) is 24.8 Å². The predicted octanol–water partition coefficient (Wildman–Crippen LogP) is 3.58. The number of likely N-dealkylation sites (tertiary alicyclic amines) is 1. The average molecular weight is 417 g/mol. The van der Waals surface area contributed by atoms with E-state index in [0.29, 0.717) is 5.54 Å². The van der Waals surface area contributed by atoms with Crippen LogP contribution in [0.4, 0.5) is 0 Å². The molecule has 4 rings (SSSR count). The maximum absolute atomic E-state index is 5.49. The number of fused-ring (bicyclic) bond motifs is 1. The number of nitrogens with zero attached hydrogens (tertiary/aromatic N) is 2. The molecule has 0 amide bonds. The van der Waals surface area contributed by atoms with Crippen molar-refractivity contribution < 1.29 is 9.47 Å². The van der Waals surface area contributed by atoms with Gasteiger partial charge in [-0.05, 0) is 61.9 Å². The average Bonchev–Trinajstić information content (AvgIpc) is 2.68. The van der Waals surface area contributed by atoms with Crippen LogP contribution < -0.4 is 4.74 Å². The number of rotatable bonds is 4. The second kappa shape index (κ2) is 10.3. The van der Waals surface area contributed by atoms with Gasteiger partial charge < -0.3 is 9.47 Å². The van der Waals surface area contributed by atoms with Gasteiger partial charge in [0.15, 0.2) is 0 Å². The zero-order valence-corrected chi connectivity index (χ0v) is 18.1. The first-order valence-corrected chi connectivity index (χ1v) is 10.0. The molecule has 1 aliphatic carbocycles. The van der Waals surface area contributed by atoms with Crippen LogP contribution in [-0.2, 0) is 17.6 Å². The summed E-state index contributed by atoms with van der Waals surface area (Å²) in [5.41, 5.74) is 3.44. The largest absolute Gasteiger partial charge is 0.497 e. The van der Waals surface area contributed by atoms with E-state index in [2.05, 4.69) is 28.0 Å². The number of hydrogen-bond donors (Lipinski definition) is 0. The molecule has 1 unspecified atom stereocenters. The molecular weight excluding hydrogens is 383 g/mol. The van der Waals surface area contributed by atoms with Crippen molar-refractivity contribution >= 4 is 24.8 Å². The van der Waals surface area contributed by atoms with Gasteiger partial charge in [0, 0.05) is 31.7 Å². The first kappa shape index (κ1) is 22.8.